The first-order chi connectivity index (χ1) is 8.67. The molecule has 3 nitrogen and oxygen atoms in total. The molecule has 0 aliphatic rings. The lowest BCUT2D eigenvalue weighted by atomic mass is 10.1. The number of carbonyl (C=O) groups excluding carboxylic acids is 1. The van der Waals surface area contributed by atoms with E-state index in [1.54, 1.807) is 17.8 Å². The van der Waals surface area contributed by atoms with Crippen molar-refractivity contribution in [1.82, 2.24) is 10.6 Å². The molecule has 1 rings (SSSR count). The highest BCUT2D eigenvalue weighted by Gasteiger charge is 2.06. The quantitative estimate of drug-likeness (QED) is 0.795. The fourth-order valence-electron chi connectivity index (χ4n) is 1.58. The molecule has 0 saturated heterocycles. The van der Waals surface area contributed by atoms with Crippen LogP contribution in [0.2, 0.25) is 0 Å². The van der Waals surface area contributed by atoms with Crippen LogP contribution < -0.4 is 10.6 Å². The number of carbonyl (C=O) groups is 1. The highest BCUT2D eigenvalue weighted by atomic mass is 32.2. The monoisotopic (exact) mass is 270 g/mol. The molecule has 1 aromatic rings. The fraction of sp³-hybridized carbons (Fsp3) is 0.462. The summed E-state index contributed by atoms with van der Waals surface area (Å²) < 4.78 is 13.1. The minimum Gasteiger partial charge on any atom is -0.352 e. The Bertz CT molecular complexity index is 399. The average Bonchev–Trinajstić information content (AvgIpc) is 2.36. The van der Waals surface area contributed by atoms with Crippen LogP contribution in [0, 0.1) is 5.82 Å². The minimum absolute atomic E-state index is 0.00350. The van der Waals surface area contributed by atoms with Gasteiger partial charge < -0.3 is 10.6 Å². The Morgan fingerprint density at radius 2 is 2.17 bits per heavy atom. The molecule has 2 N–H and O–H groups in total. The lowest BCUT2D eigenvalue weighted by Gasteiger charge is -2.10. The number of hydrogen-bond acceptors (Lipinski definition) is 3. The molecule has 100 valence electrons. The zero-order valence-electron chi connectivity index (χ0n) is 10.8. The van der Waals surface area contributed by atoms with Gasteiger partial charge in [0.2, 0.25) is 5.91 Å². The van der Waals surface area contributed by atoms with Crippen molar-refractivity contribution in [1.29, 1.82) is 0 Å². The first kappa shape index (κ1) is 15.0. The molecule has 0 saturated carbocycles. The number of thioether (sulfide) groups is 1. The Morgan fingerprint density at radius 3 is 2.83 bits per heavy atom. The van der Waals surface area contributed by atoms with Crippen LogP contribution in [-0.4, -0.2) is 25.8 Å². The van der Waals surface area contributed by atoms with Gasteiger partial charge in [0, 0.05) is 25.3 Å². The maximum atomic E-state index is 13.1. The molecule has 1 aromatic carbocycles. The Balaban J connectivity index is 2.58. The third-order valence-electron chi connectivity index (χ3n) is 2.55. The van der Waals surface area contributed by atoms with Crippen LogP contribution in [0.15, 0.2) is 18.2 Å². The summed E-state index contributed by atoms with van der Waals surface area (Å²) in [5.74, 6) is 0.521. The summed E-state index contributed by atoms with van der Waals surface area (Å²) in [7, 11) is 1.81. The van der Waals surface area contributed by atoms with Gasteiger partial charge in [0.25, 0.3) is 0 Å². The van der Waals surface area contributed by atoms with Gasteiger partial charge in [0.15, 0.2) is 0 Å². The Kier molecular flexibility index (Phi) is 6.75. The molecule has 0 heterocycles. The van der Waals surface area contributed by atoms with Crippen LogP contribution in [0.3, 0.4) is 0 Å². The normalized spacial score (nSPS) is 10.4. The molecule has 1 amide bonds. The number of amides is 1. The average molecular weight is 270 g/mol. The maximum Gasteiger partial charge on any atom is 0.221 e. The molecule has 0 bridgehead atoms. The summed E-state index contributed by atoms with van der Waals surface area (Å²) in [5, 5.41) is 5.76. The maximum absolute atomic E-state index is 13.1. The predicted octanol–water partition coefficient (Wildman–Crippen LogP) is 1.91. The summed E-state index contributed by atoms with van der Waals surface area (Å²) in [6.45, 7) is 1.12. The van der Waals surface area contributed by atoms with E-state index in [4.69, 9.17) is 0 Å². The van der Waals surface area contributed by atoms with Crippen molar-refractivity contribution in [2.24, 2.45) is 0 Å². The zero-order chi connectivity index (χ0) is 13.4. The van der Waals surface area contributed by atoms with Crippen molar-refractivity contribution in [2.45, 2.75) is 18.7 Å². The Morgan fingerprint density at radius 1 is 1.39 bits per heavy atom. The van der Waals surface area contributed by atoms with E-state index in [1.807, 2.05) is 13.3 Å². The fourth-order valence-corrected chi connectivity index (χ4v) is 2.16. The number of benzene rings is 1. The van der Waals surface area contributed by atoms with E-state index in [2.05, 4.69) is 10.6 Å². The summed E-state index contributed by atoms with van der Waals surface area (Å²) >= 11 is 1.64. The van der Waals surface area contributed by atoms with Crippen LogP contribution in [-0.2, 0) is 17.1 Å². The van der Waals surface area contributed by atoms with E-state index in [-0.39, 0.29) is 11.7 Å². The topological polar surface area (TPSA) is 41.1 Å². The first-order valence-electron chi connectivity index (χ1n) is 5.85. The third-order valence-corrected chi connectivity index (χ3v) is 3.15. The number of halogens is 1. The first-order valence-corrected chi connectivity index (χ1v) is 7.24. The smallest absolute Gasteiger partial charge is 0.221 e. The van der Waals surface area contributed by atoms with E-state index in [9.17, 15) is 9.18 Å². The van der Waals surface area contributed by atoms with E-state index >= 15 is 0 Å². The molecule has 0 aliphatic carbocycles. The van der Waals surface area contributed by atoms with Crippen molar-refractivity contribution >= 4 is 17.7 Å². The predicted molar refractivity (Wildman–Crippen MR) is 74.0 cm³/mol. The van der Waals surface area contributed by atoms with E-state index in [0.29, 0.717) is 19.5 Å². The molecule has 0 spiro atoms. The Labute approximate surface area is 112 Å². The van der Waals surface area contributed by atoms with Gasteiger partial charge in [0.1, 0.15) is 5.82 Å². The second-order valence-electron chi connectivity index (χ2n) is 3.98. The van der Waals surface area contributed by atoms with Gasteiger partial charge in [-0.25, -0.2) is 4.39 Å². The Hall–Kier alpha value is -1.07. The van der Waals surface area contributed by atoms with Gasteiger partial charge in [0.05, 0.1) is 0 Å². The molecule has 0 unspecified atom stereocenters. The number of hydrogen-bond donors (Lipinski definition) is 2. The van der Waals surface area contributed by atoms with E-state index in [1.165, 1.54) is 12.1 Å². The van der Waals surface area contributed by atoms with Crippen LogP contribution in [0.25, 0.3) is 0 Å². The lowest BCUT2D eigenvalue weighted by Crippen LogP contribution is -2.26. The molecule has 0 aliphatic heterocycles. The second kappa shape index (κ2) is 8.11. The summed E-state index contributed by atoms with van der Waals surface area (Å²) in [5.41, 5.74) is 1.92. The van der Waals surface area contributed by atoms with Gasteiger partial charge in [-0.1, -0.05) is 6.07 Å². The summed E-state index contributed by atoms with van der Waals surface area (Å²) in [6, 6.07) is 4.70. The van der Waals surface area contributed by atoms with Crippen molar-refractivity contribution < 1.29 is 9.18 Å². The molecule has 0 radical (unpaired) electrons. The number of nitrogens with one attached hydrogen (secondary N) is 2. The molecule has 0 fully saturated rings. The van der Waals surface area contributed by atoms with Crippen LogP contribution in [0.1, 0.15) is 17.5 Å². The molecular weight excluding hydrogens is 251 g/mol. The molecule has 0 atom stereocenters. The van der Waals surface area contributed by atoms with Crippen LogP contribution in [0.4, 0.5) is 4.39 Å². The van der Waals surface area contributed by atoms with Crippen LogP contribution >= 0.6 is 11.8 Å². The van der Waals surface area contributed by atoms with E-state index < -0.39 is 0 Å². The molecule has 0 aromatic heterocycles. The third kappa shape index (κ3) is 5.06. The summed E-state index contributed by atoms with van der Waals surface area (Å²) in [6.07, 6.45) is 2.43. The largest absolute Gasteiger partial charge is 0.352 e. The minimum atomic E-state index is -0.232. The van der Waals surface area contributed by atoms with Gasteiger partial charge in [-0.2, -0.15) is 11.8 Å². The van der Waals surface area contributed by atoms with Gasteiger partial charge in [-0.15, -0.1) is 0 Å². The van der Waals surface area contributed by atoms with Crippen LogP contribution in [0.5, 0.6) is 0 Å². The van der Waals surface area contributed by atoms with Gasteiger partial charge in [-0.05, 0) is 36.6 Å². The lowest BCUT2D eigenvalue weighted by molar-refractivity contribution is -0.121. The second-order valence-corrected chi connectivity index (χ2v) is 4.84. The highest BCUT2D eigenvalue weighted by molar-refractivity contribution is 7.97. The standard InChI is InChI=1S/C13H19FN2OS/c1-15-6-5-13(17)16-8-10-3-4-12(14)7-11(10)9-18-2/h3-4,7,15H,5-6,8-9H2,1-2H3,(H,16,17). The number of rotatable bonds is 7. The molecular formula is C13H19FN2OS. The van der Waals surface area contributed by atoms with Crippen molar-refractivity contribution in [3.63, 3.8) is 0 Å². The van der Waals surface area contributed by atoms with Gasteiger partial charge >= 0.3 is 0 Å². The highest BCUT2D eigenvalue weighted by Crippen LogP contribution is 2.16. The molecule has 18 heavy (non-hydrogen) atoms. The SMILES string of the molecule is CNCCC(=O)NCc1ccc(F)cc1CSC. The molecule has 5 heteroatoms. The summed E-state index contributed by atoms with van der Waals surface area (Å²) in [4.78, 5) is 11.5. The van der Waals surface area contributed by atoms with Crippen molar-refractivity contribution in [3.05, 3.63) is 35.1 Å². The van der Waals surface area contributed by atoms with E-state index in [0.717, 1.165) is 16.9 Å². The van der Waals surface area contributed by atoms with Crippen molar-refractivity contribution in [3.8, 4) is 0 Å². The zero-order valence-corrected chi connectivity index (χ0v) is 11.6. The van der Waals surface area contributed by atoms with Gasteiger partial charge in [-0.3, -0.25) is 4.79 Å². The van der Waals surface area contributed by atoms with Crippen molar-refractivity contribution in [2.75, 3.05) is 19.8 Å².